The average Bonchev–Trinajstić information content (AvgIpc) is 2.26. The Morgan fingerprint density at radius 2 is 2.21 bits per heavy atom. The number of nitrogens with zero attached hydrogens (tertiary/aromatic N) is 2. The van der Waals surface area contributed by atoms with Crippen LogP contribution in [0.1, 0.15) is 5.56 Å². The van der Waals surface area contributed by atoms with Crippen LogP contribution in [0.15, 0.2) is 12.3 Å². The van der Waals surface area contributed by atoms with Gasteiger partial charge in [0.25, 0.3) is 0 Å². The van der Waals surface area contributed by atoms with Gasteiger partial charge < -0.3 is 10.0 Å². The topological polar surface area (TPSA) is 53.4 Å². The fraction of sp³-hybridized carbons (Fsp3) is 0.273. The Labute approximate surface area is 111 Å². The molecule has 0 saturated heterocycles. The van der Waals surface area contributed by atoms with Gasteiger partial charge in [-0.25, -0.2) is 4.98 Å². The fourth-order valence-electron chi connectivity index (χ4n) is 1.30. The van der Waals surface area contributed by atoms with E-state index < -0.39 is 24.3 Å². The van der Waals surface area contributed by atoms with E-state index in [0.29, 0.717) is 12.3 Å². The Bertz CT molecular complexity index is 526. The molecule has 4 nitrogen and oxygen atoms in total. The lowest BCUT2D eigenvalue weighted by atomic mass is 10.2. The molecule has 1 rings (SSSR count). The zero-order valence-corrected chi connectivity index (χ0v) is 10.2. The minimum absolute atomic E-state index is 0.102. The van der Waals surface area contributed by atoms with Gasteiger partial charge >= 0.3 is 12.1 Å². The molecule has 0 aromatic carbocycles. The highest BCUT2D eigenvalue weighted by Crippen LogP contribution is 2.33. The Balaban J connectivity index is 3.12. The largest absolute Gasteiger partial charge is 0.480 e. The molecule has 0 aliphatic rings. The Morgan fingerprint density at radius 1 is 1.58 bits per heavy atom. The number of halogens is 4. The van der Waals surface area contributed by atoms with E-state index >= 15 is 0 Å². The van der Waals surface area contributed by atoms with Crippen LogP contribution in [0.25, 0.3) is 0 Å². The van der Waals surface area contributed by atoms with Crippen LogP contribution in [0.4, 0.5) is 19.0 Å². The standard InChI is InChI=1S/C11H8ClF3N2O2/c1-2-3-17(6-9(18)19)10-8(12)4-7(5-16-10)11(13,14)15/h1,4-5H,3,6H2,(H,18,19). The van der Waals surface area contributed by atoms with Gasteiger partial charge in [0.15, 0.2) is 0 Å². The molecule has 0 bridgehead atoms. The normalized spacial score (nSPS) is 10.9. The second kappa shape index (κ2) is 5.80. The number of hydrogen-bond acceptors (Lipinski definition) is 3. The predicted molar refractivity (Wildman–Crippen MR) is 62.9 cm³/mol. The molecule has 0 radical (unpaired) electrons. The third-order valence-electron chi connectivity index (χ3n) is 2.06. The molecule has 19 heavy (non-hydrogen) atoms. The summed E-state index contributed by atoms with van der Waals surface area (Å²) in [6.07, 6.45) is 1.06. The maximum Gasteiger partial charge on any atom is 0.417 e. The number of carbonyl (C=O) groups is 1. The van der Waals surface area contributed by atoms with Crippen LogP contribution in [0.2, 0.25) is 5.02 Å². The van der Waals surface area contributed by atoms with Crippen LogP contribution in [0.3, 0.4) is 0 Å². The lowest BCUT2D eigenvalue weighted by Gasteiger charge is -2.20. The Morgan fingerprint density at radius 3 is 2.63 bits per heavy atom. The van der Waals surface area contributed by atoms with E-state index in [4.69, 9.17) is 23.1 Å². The molecule has 0 amide bonds. The highest BCUT2D eigenvalue weighted by Gasteiger charge is 2.32. The molecule has 0 unspecified atom stereocenters. The van der Waals surface area contributed by atoms with Gasteiger partial charge in [0, 0.05) is 6.20 Å². The summed E-state index contributed by atoms with van der Waals surface area (Å²) in [6, 6.07) is 0.676. The van der Waals surface area contributed by atoms with Crippen molar-refractivity contribution in [1.29, 1.82) is 0 Å². The molecule has 0 aliphatic carbocycles. The van der Waals surface area contributed by atoms with E-state index in [1.165, 1.54) is 0 Å². The molecule has 8 heteroatoms. The maximum atomic E-state index is 12.4. The van der Waals surface area contributed by atoms with Crippen molar-refractivity contribution < 1.29 is 23.1 Å². The number of hydrogen-bond donors (Lipinski definition) is 1. The molecule has 1 aromatic rings. The summed E-state index contributed by atoms with van der Waals surface area (Å²) in [7, 11) is 0. The summed E-state index contributed by atoms with van der Waals surface area (Å²) in [6.45, 7) is -0.646. The van der Waals surface area contributed by atoms with Gasteiger partial charge in [-0.15, -0.1) is 6.42 Å². The number of alkyl halides is 3. The third-order valence-corrected chi connectivity index (χ3v) is 2.34. The van der Waals surface area contributed by atoms with Crippen molar-refractivity contribution in [2.75, 3.05) is 18.0 Å². The minimum atomic E-state index is -4.57. The van der Waals surface area contributed by atoms with E-state index in [0.717, 1.165) is 4.90 Å². The van der Waals surface area contributed by atoms with E-state index in [-0.39, 0.29) is 17.4 Å². The van der Waals surface area contributed by atoms with Crippen molar-refractivity contribution >= 4 is 23.4 Å². The SMILES string of the molecule is C#CCN(CC(=O)O)c1ncc(C(F)(F)F)cc1Cl. The number of carboxylic acids is 1. The van der Waals surface area contributed by atoms with Gasteiger partial charge in [-0.3, -0.25) is 4.79 Å². The number of carboxylic acid groups (broad SMARTS) is 1. The van der Waals surface area contributed by atoms with Crippen LogP contribution < -0.4 is 4.90 Å². The number of rotatable bonds is 4. The van der Waals surface area contributed by atoms with Crippen molar-refractivity contribution in [3.05, 3.63) is 22.8 Å². The number of terminal acetylenes is 1. The van der Waals surface area contributed by atoms with Crippen LogP contribution in [-0.2, 0) is 11.0 Å². The number of aromatic nitrogens is 1. The highest BCUT2D eigenvalue weighted by molar-refractivity contribution is 6.33. The smallest absolute Gasteiger partial charge is 0.417 e. The van der Waals surface area contributed by atoms with Gasteiger partial charge in [-0.2, -0.15) is 13.2 Å². The predicted octanol–water partition coefficient (Wildman–Crippen LogP) is 2.28. The van der Waals surface area contributed by atoms with Crippen LogP contribution in [0, 0.1) is 12.3 Å². The molecule has 1 N–H and O–H groups in total. The summed E-state index contributed by atoms with van der Waals surface area (Å²) < 4.78 is 37.3. The molecule has 102 valence electrons. The van der Waals surface area contributed by atoms with Gasteiger partial charge in [-0.1, -0.05) is 17.5 Å². The molecule has 0 aliphatic heterocycles. The molecular formula is C11H8ClF3N2O2. The van der Waals surface area contributed by atoms with E-state index in [2.05, 4.69) is 10.9 Å². The lowest BCUT2D eigenvalue weighted by Crippen LogP contribution is -2.31. The van der Waals surface area contributed by atoms with Crippen molar-refractivity contribution in [3.8, 4) is 12.3 Å². The van der Waals surface area contributed by atoms with Crippen molar-refractivity contribution in [2.24, 2.45) is 0 Å². The second-order valence-corrected chi connectivity index (χ2v) is 3.89. The van der Waals surface area contributed by atoms with Crippen LogP contribution in [0.5, 0.6) is 0 Å². The van der Waals surface area contributed by atoms with Crippen LogP contribution in [-0.4, -0.2) is 29.1 Å². The number of pyridine rings is 1. The quantitative estimate of drug-likeness (QED) is 0.865. The van der Waals surface area contributed by atoms with Crippen LogP contribution >= 0.6 is 11.6 Å². The molecular weight excluding hydrogens is 285 g/mol. The monoisotopic (exact) mass is 292 g/mol. The molecule has 0 fully saturated rings. The van der Waals surface area contributed by atoms with Gasteiger partial charge in [-0.05, 0) is 6.07 Å². The molecule has 1 heterocycles. The fourth-order valence-corrected chi connectivity index (χ4v) is 1.58. The van der Waals surface area contributed by atoms with E-state index in [9.17, 15) is 18.0 Å². The van der Waals surface area contributed by atoms with E-state index in [1.807, 2.05) is 0 Å². The van der Waals surface area contributed by atoms with Crippen molar-refractivity contribution in [1.82, 2.24) is 4.98 Å². The van der Waals surface area contributed by atoms with Gasteiger partial charge in [0.1, 0.15) is 12.4 Å². The van der Waals surface area contributed by atoms with Gasteiger partial charge in [0.05, 0.1) is 17.1 Å². The molecule has 0 saturated carbocycles. The third kappa shape index (κ3) is 4.03. The first-order valence-electron chi connectivity index (χ1n) is 4.88. The Kier molecular flexibility index (Phi) is 4.62. The summed E-state index contributed by atoms with van der Waals surface area (Å²) >= 11 is 5.68. The Hall–Kier alpha value is -1.94. The number of anilines is 1. The maximum absolute atomic E-state index is 12.4. The lowest BCUT2D eigenvalue weighted by molar-refractivity contribution is -0.138. The summed E-state index contributed by atoms with van der Waals surface area (Å²) in [5.41, 5.74) is -1.02. The first-order valence-corrected chi connectivity index (χ1v) is 5.26. The summed E-state index contributed by atoms with van der Waals surface area (Å²) in [5, 5.41) is 8.37. The molecule has 0 atom stereocenters. The van der Waals surface area contributed by atoms with Gasteiger partial charge in [0.2, 0.25) is 0 Å². The number of aliphatic carboxylic acids is 1. The first kappa shape index (κ1) is 15.1. The van der Waals surface area contributed by atoms with Crippen molar-refractivity contribution in [2.45, 2.75) is 6.18 Å². The first-order chi connectivity index (χ1) is 8.75. The minimum Gasteiger partial charge on any atom is -0.480 e. The summed E-state index contributed by atoms with van der Waals surface area (Å²) in [4.78, 5) is 15.3. The zero-order valence-electron chi connectivity index (χ0n) is 9.41. The zero-order chi connectivity index (χ0) is 14.6. The molecule has 0 spiro atoms. The van der Waals surface area contributed by atoms with E-state index in [1.54, 1.807) is 0 Å². The average molecular weight is 293 g/mol. The molecule has 1 aromatic heterocycles. The highest BCUT2D eigenvalue weighted by atomic mass is 35.5. The van der Waals surface area contributed by atoms with Crippen molar-refractivity contribution in [3.63, 3.8) is 0 Å². The summed E-state index contributed by atoms with van der Waals surface area (Å²) in [5.74, 6) is 0.883. The second-order valence-electron chi connectivity index (χ2n) is 3.48.